The quantitative estimate of drug-likeness (QED) is 0.635. The Morgan fingerprint density at radius 1 is 0.842 bits per heavy atom. The summed E-state index contributed by atoms with van der Waals surface area (Å²) in [4.78, 5) is 2.00. The van der Waals surface area contributed by atoms with E-state index in [1.807, 2.05) is 41.3 Å². The lowest BCUT2D eigenvalue weighted by molar-refractivity contribution is 0.398. The highest BCUT2D eigenvalue weighted by atomic mass is 15.2. The Labute approximate surface area is 114 Å². The van der Waals surface area contributed by atoms with Gasteiger partial charge in [-0.1, -0.05) is 60.7 Å². The van der Waals surface area contributed by atoms with Crippen LogP contribution < -0.4 is 5.73 Å². The molecule has 0 saturated carbocycles. The molecule has 19 heavy (non-hydrogen) atoms. The summed E-state index contributed by atoms with van der Waals surface area (Å²) in [6.07, 6.45) is 0. The number of nitrogens with zero attached hydrogens (tertiary/aromatic N) is 1. The molecular weight excluding hydrogens is 234 g/mol. The van der Waals surface area contributed by atoms with Gasteiger partial charge in [-0.05, 0) is 11.1 Å². The first-order chi connectivity index (χ1) is 9.29. The van der Waals surface area contributed by atoms with E-state index in [1.54, 1.807) is 0 Å². The maximum Gasteiger partial charge on any atom is 0.110 e. The number of hydrogen-bond donors (Lipinski definition) is 2. The van der Waals surface area contributed by atoms with Gasteiger partial charge in [0.15, 0.2) is 0 Å². The van der Waals surface area contributed by atoms with Crippen LogP contribution in [0.4, 0.5) is 0 Å². The predicted molar refractivity (Wildman–Crippen MR) is 78.9 cm³/mol. The molecule has 3 nitrogen and oxygen atoms in total. The molecule has 0 aliphatic heterocycles. The molecule has 0 atom stereocenters. The van der Waals surface area contributed by atoms with Crippen molar-refractivity contribution >= 4 is 5.84 Å². The van der Waals surface area contributed by atoms with Gasteiger partial charge in [0.25, 0.3) is 0 Å². The van der Waals surface area contributed by atoms with Crippen LogP contribution in [0.25, 0.3) is 0 Å². The molecule has 0 radical (unpaired) electrons. The van der Waals surface area contributed by atoms with Crippen molar-refractivity contribution in [3.8, 4) is 0 Å². The summed E-state index contributed by atoms with van der Waals surface area (Å²) in [5.74, 6) is 0.465. The minimum absolute atomic E-state index is 0.264. The van der Waals surface area contributed by atoms with Crippen LogP contribution >= 0.6 is 0 Å². The Hall–Kier alpha value is -2.13. The Morgan fingerprint density at radius 2 is 1.26 bits per heavy atom. The Kier molecular flexibility index (Phi) is 4.70. The van der Waals surface area contributed by atoms with Crippen molar-refractivity contribution in [1.82, 2.24) is 4.90 Å². The summed E-state index contributed by atoms with van der Waals surface area (Å²) < 4.78 is 0. The van der Waals surface area contributed by atoms with Gasteiger partial charge in [-0.2, -0.15) is 0 Å². The maximum absolute atomic E-state index is 7.99. The molecule has 3 heteroatoms. The largest absolute Gasteiger partial charge is 0.351 e. The van der Waals surface area contributed by atoms with E-state index in [2.05, 4.69) is 24.3 Å². The molecule has 0 heterocycles. The van der Waals surface area contributed by atoms with Gasteiger partial charge in [0.2, 0.25) is 0 Å². The third-order valence-electron chi connectivity index (χ3n) is 3.01. The van der Waals surface area contributed by atoms with Gasteiger partial charge < -0.3 is 10.6 Å². The zero-order valence-corrected chi connectivity index (χ0v) is 10.9. The van der Waals surface area contributed by atoms with E-state index in [-0.39, 0.29) is 6.54 Å². The zero-order valence-electron chi connectivity index (χ0n) is 10.9. The monoisotopic (exact) mass is 253 g/mol. The number of benzene rings is 2. The number of amidine groups is 1. The van der Waals surface area contributed by atoms with Crippen molar-refractivity contribution in [3.05, 3.63) is 71.8 Å². The number of nitrogens with one attached hydrogen (secondary N) is 1. The molecule has 2 aromatic carbocycles. The van der Waals surface area contributed by atoms with Crippen LogP contribution in [0.15, 0.2) is 60.7 Å². The van der Waals surface area contributed by atoms with Gasteiger partial charge in [0.1, 0.15) is 5.84 Å². The maximum atomic E-state index is 7.99. The third-order valence-corrected chi connectivity index (χ3v) is 3.01. The predicted octanol–water partition coefficient (Wildman–Crippen LogP) is 2.62. The van der Waals surface area contributed by atoms with Crippen molar-refractivity contribution in [1.29, 1.82) is 5.41 Å². The van der Waals surface area contributed by atoms with Crippen LogP contribution in [0, 0.1) is 5.41 Å². The molecule has 2 aromatic rings. The fraction of sp³-hybridized carbons (Fsp3) is 0.188. The van der Waals surface area contributed by atoms with Gasteiger partial charge in [0, 0.05) is 13.1 Å². The Bertz CT molecular complexity index is 467. The van der Waals surface area contributed by atoms with E-state index in [0.717, 1.165) is 0 Å². The summed E-state index contributed by atoms with van der Waals surface area (Å²) >= 11 is 0. The zero-order chi connectivity index (χ0) is 13.5. The molecule has 0 spiro atoms. The number of hydrogen-bond acceptors (Lipinski definition) is 2. The molecule has 0 fully saturated rings. The third kappa shape index (κ3) is 3.93. The van der Waals surface area contributed by atoms with E-state index < -0.39 is 0 Å². The Balaban J connectivity index is 2.10. The van der Waals surface area contributed by atoms with Crippen LogP contribution in [0.2, 0.25) is 0 Å². The van der Waals surface area contributed by atoms with Gasteiger partial charge in [-0.15, -0.1) is 0 Å². The van der Waals surface area contributed by atoms with E-state index >= 15 is 0 Å². The smallest absolute Gasteiger partial charge is 0.110 e. The molecule has 0 aromatic heterocycles. The van der Waals surface area contributed by atoms with E-state index in [4.69, 9.17) is 11.1 Å². The average molecular weight is 253 g/mol. The summed E-state index contributed by atoms with van der Waals surface area (Å²) in [7, 11) is 0. The molecule has 98 valence electrons. The van der Waals surface area contributed by atoms with Crippen molar-refractivity contribution in [2.45, 2.75) is 13.1 Å². The standard InChI is InChI=1S/C16H19N3/c17-11-16(18)19(12-14-7-3-1-4-8-14)13-15-9-5-2-6-10-15/h1-10,18H,11-13,17H2. The van der Waals surface area contributed by atoms with Crippen molar-refractivity contribution < 1.29 is 0 Å². The van der Waals surface area contributed by atoms with Crippen LogP contribution in [0.5, 0.6) is 0 Å². The van der Waals surface area contributed by atoms with E-state index in [9.17, 15) is 0 Å². The first-order valence-corrected chi connectivity index (χ1v) is 6.40. The van der Waals surface area contributed by atoms with Gasteiger partial charge in [-0.25, -0.2) is 0 Å². The van der Waals surface area contributed by atoms with Gasteiger partial charge in [-0.3, -0.25) is 5.41 Å². The van der Waals surface area contributed by atoms with Crippen LogP contribution in [-0.4, -0.2) is 17.3 Å². The fourth-order valence-corrected chi connectivity index (χ4v) is 1.98. The average Bonchev–Trinajstić information content (AvgIpc) is 2.48. The molecule has 0 unspecified atom stereocenters. The number of rotatable bonds is 5. The highest BCUT2D eigenvalue weighted by molar-refractivity contribution is 5.80. The van der Waals surface area contributed by atoms with Crippen LogP contribution in [-0.2, 0) is 13.1 Å². The van der Waals surface area contributed by atoms with Crippen molar-refractivity contribution in [2.24, 2.45) is 5.73 Å². The first-order valence-electron chi connectivity index (χ1n) is 6.40. The molecule has 0 aliphatic rings. The molecule has 3 N–H and O–H groups in total. The fourth-order valence-electron chi connectivity index (χ4n) is 1.98. The lowest BCUT2D eigenvalue weighted by Crippen LogP contribution is -2.34. The SMILES string of the molecule is N=C(CN)N(Cc1ccccc1)Cc1ccccc1. The molecule has 0 amide bonds. The molecule has 0 aliphatic carbocycles. The van der Waals surface area contributed by atoms with Crippen LogP contribution in [0.1, 0.15) is 11.1 Å². The van der Waals surface area contributed by atoms with Crippen molar-refractivity contribution in [3.63, 3.8) is 0 Å². The summed E-state index contributed by atoms with van der Waals surface area (Å²) in [6.45, 7) is 1.69. The summed E-state index contributed by atoms with van der Waals surface area (Å²) in [5, 5.41) is 7.99. The highest BCUT2D eigenvalue weighted by Crippen LogP contribution is 2.10. The number of nitrogens with two attached hydrogens (primary N) is 1. The highest BCUT2D eigenvalue weighted by Gasteiger charge is 2.09. The summed E-state index contributed by atoms with van der Waals surface area (Å²) in [5.41, 5.74) is 8.00. The lowest BCUT2D eigenvalue weighted by atomic mass is 10.1. The normalized spacial score (nSPS) is 10.2. The summed E-state index contributed by atoms with van der Waals surface area (Å²) in [6, 6.07) is 20.3. The first kappa shape index (κ1) is 13.3. The van der Waals surface area contributed by atoms with E-state index in [1.165, 1.54) is 11.1 Å². The second-order valence-electron chi connectivity index (χ2n) is 4.48. The minimum atomic E-state index is 0.264. The van der Waals surface area contributed by atoms with Crippen molar-refractivity contribution in [2.75, 3.05) is 6.54 Å². The molecule has 0 saturated heterocycles. The molecular formula is C16H19N3. The van der Waals surface area contributed by atoms with Gasteiger partial charge in [0.05, 0.1) is 6.54 Å². The second-order valence-corrected chi connectivity index (χ2v) is 4.48. The minimum Gasteiger partial charge on any atom is -0.351 e. The van der Waals surface area contributed by atoms with Crippen LogP contribution in [0.3, 0.4) is 0 Å². The molecule has 2 rings (SSSR count). The molecule has 0 bridgehead atoms. The van der Waals surface area contributed by atoms with E-state index in [0.29, 0.717) is 18.9 Å². The van der Waals surface area contributed by atoms with Gasteiger partial charge >= 0.3 is 0 Å². The lowest BCUT2D eigenvalue weighted by Gasteiger charge is -2.24. The Morgan fingerprint density at radius 3 is 1.63 bits per heavy atom. The second kappa shape index (κ2) is 6.71. The topological polar surface area (TPSA) is 53.1 Å².